The number of rotatable bonds is 13. The van der Waals surface area contributed by atoms with Crippen molar-refractivity contribution in [3.05, 3.63) is 78.8 Å². The number of nitrogens with one attached hydrogen (secondary N) is 1. The van der Waals surface area contributed by atoms with Gasteiger partial charge in [0.05, 0.1) is 24.3 Å². The molecular weight excluding hydrogens is 522 g/mol. The Labute approximate surface area is 229 Å². The van der Waals surface area contributed by atoms with E-state index in [-0.39, 0.29) is 23.5 Å². The van der Waals surface area contributed by atoms with Crippen molar-refractivity contribution in [3.63, 3.8) is 0 Å². The minimum atomic E-state index is -4.38. The highest BCUT2D eigenvalue weighted by Crippen LogP contribution is 2.39. The molecular formula is C28H37N3O7S. The monoisotopic (exact) mass is 559 g/mol. The molecule has 0 saturated carbocycles. The molecule has 0 fully saturated rings. The van der Waals surface area contributed by atoms with Crippen LogP contribution in [-0.2, 0) is 16.3 Å². The number of nitrogens with two attached hydrogens (primary N) is 2. The zero-order chi connectivity index (χ0) is 28.7. The van der Waals surface area contributed by atoms with E-state index in [1.807, 2.05) is 19.9 Å². The predicted molar refractivity (Wildman–Crippen MR) is 147 cm³/mol. The Kier molecular flexibility index (Phi) is 9.78. The molecule has 0 aliphatic heterocycles. The second kappa shape index (κ2) is 12.6. The molecule has 1 unspecified atom stereocenters. The summed E-state index contributed by atoms with van der Waals surface area (Å²) in [4.78, 5) is 10.5. The predicted octanol–water partition coefficient (Wildman–Crippen LogP) is 3.24. The molecule has 39 heavy (non-hydrogen) atoms. The van der Waals surface area contributed by atoms with Crippen LogP contribution in [0.5, 0.6) is 11.5 Å². The molecule has 11 heteroatoms. The van der Waals surface area contributed by atoms with Crippen molar-refractivity contribution in [1.82, 2.24) is 5.32 Å². The first-order chi connectivity index (χ1) is 18.4. The summed E-state index contributed by atoms with van der Waals surface area (Å²) in [5.74, 6) is 0.612. The van der Waals surface area contributed by atoms with Crippen molar-refractivity contribution in [2.24, 2.45) is 16.9 Å². The Morgan fingerprint density at radius 1 is 1.08 bits per heavy atom. The number of methoxy groups -OCH3 is 1. The first kappa shape index (κ1) is 30.2. The molecule has 1 amide bonds. The van der Waals surface area contributed by atoms with Gasteiger partial charge in [-0.05, 0) is 61.1 Å². The lowest BCUT2D eigenvalue weighted by Crippen LogP contribution is -2.65. The summed E-state index contributed by atoms with van der Waals surface area (Å²) in [5, 5.41) is 14.5. The van der Waals surface area contributed by atoms with E-state index >= 15 is 0 Å². The van der Waals surface area contributed by atoms with Crippen molar-refractivity contribution < 1.29 is 32.2 Å². The van der Waals surface area contributed by atoms with Crippen LogP contribution in [-0.4, -0.2) is 50.3 Å². The van der Waals surface area contributed by atoms with Crippen LogP contribution in [0.15, 0.2) is 82.5 Å². The van der Waals surface area contributed by atoms with Gasteiger partial charge in [-0.25, -0.2) is 13.2 Å². The van der Waals surface area contributed by atoms with E-state index in [0.717, 1.165) is 5.56 Å². The van der Waals surface area contributed by atoms with Crippen LogP contribution in [0.1, 0.15) is 32.3 Å². The highest BCUT2D eigenvalue weighted by atomic mass is 32.2. The highest BCUT2D eigenvalue weighted by molar-refractivity contribution is 7.92. The molecule has 0 aliphatic carbocycles. The third-order valence-corrected chi connectivity index (χ3v) is 8.91. The van der Waals surface area contributed by atoms with E-state index in [4.69, 9.17) is 25.4 Å². The van der Waals surface area contributed by atoms with E-state index in [2.05, 4.69) is 5.32 Å². The number of benzene rings is 2. The lowest BCUT2D eigenvalue weighted by atomic mass is 9.79. The molecule has 3 aromatic rings. The van der Waals surface area contributed by atoms with E-state index < -0.39 is 38.4 Å². The Morgan fingerprint density at radius 3 is 2.31 bits per heavy atom. The van der Waals surface area contributed by atoms with Crippen LogP contribution in [0.4, 0.5) is 4.79 Å². The number of furan rings is 1. The van der Waals surface area contributed by atoms with E-state index in [0.29, 0.717) is 18.7 Å². The van der Waals surface area contributed by atoms with Crippen molar-refractivity contribution in [3.8, 4) is 11.5 Å². The molecule has 6 N–H and O–H groups in total. The van der Waals surface area contributed by atoms with Crippen LogP contribution in [0, 0.1) is 5.41 Å². The molecule has 0 bridgehead atoms. The zero-order valence-electron chi connectivity index (χ0n) is 22.4. The average molecular weight is 560 g/mol. The Morgan fingerprint density at radius 2 is 1.74 bits per heavy atom. The van der Waals surface area contributed by atoms with Crippen LogP contribution < -0.4 is 26.3 Å². The maximum Gasteiger partial charge on any atom is 0.413 e. The maximum absolute atomic E-state index is 14.2. The van der Waals surface area contributed by atoms with Crippen LogP contribution in [0.2, 0.25) is 0 Å². The molecule has 1 aromatic heterocycles. The summed E-state index contributed by atoms with van der Waals surface area (Å²) in [6, 6.07) is 15.1. The van der Waals surface area contributed by atoms with Gasteiger partial charge in [0.2, 0.25) is 0 Å². The quantitative estimate of drug-likeness (QED) is 0.246. The number of aliphatic hydroxyl groups excluding tert-OH is 1. The Hall–Kier alpha value is -3.38. The fourth-order valence-electron chi connectivity index (χ4n) is 4.61. The maximum atomic E-state index is 14.2. The van der Waals surface area contributed by atoms with Crippen LogP contribution in [0.25, 0.3) is 0 Å². The first-order valence-electron chi connectivity index (χ1n) is 12.5. The van der Waals surface area contributed by atoms with Crippen molar-refractivity contribution in [2.45, 2.75) is 55.0 Å². The van der Waals surface area contributed by atoms with Gasteiger partial charge in [-0.1, -0.05) is 44.2 Å². The van der Waals surface area contributed by atoms with Gasteiger partial charge >= 0.3 is 6.09 Å². The number of hydrogen-bond acceptors (Lipinski definition) is 9. The van der Waals surface area contributed by atoms with Crippen LogP contribution in [0.3, 0.4) is 0 Å². The molecule has 1 heterocycles. The van der Waals surface area contributed by atoms with Crippen molar-refractivity contribution >= 4 is 15.9 Å². The molecule has 10 nitrogen and oxygen atoms in total. The van der Waals surface area contributed by atoms with Gasteiger partial charge in [-0.2, -0.15) is 0 Å². The summed E-state index contributed by atoms with van der Waals surface area (Å²) >= 11 is 0. The average Bonchev–Trinajstić information content (AvgIpc) is 3.41. The van der Waals surface area contributed by atoms with Gasteiger partial charge in [0.25, 0.3) is 0 Å². The summed E-state index contributed by atoms with van der Waals surface area (Å²) in [6.07, 6.45) is 0.313. The smallest absolute Gasteiger partial charge is 0.413 e. The van der Waals surface area contributed by atoms with E-state index in [1.54, 1.807) is 24.3 Å². The lowest BCUT2D eigenvalue weighted by Gasteiger charge is -2.42. The second-order valence-electron chi connectivity index (χ2n) is 10.2. The van der Waals surface area contributed by atoms with Gasteiger partial charge in [-0.3, -0.25) is 0 Å². The third-order valence-electron chi connectivity index (χ3n) is 6.64. The summed E-state index contributed by atoms with van der Waals surface area (Å²) in [6.45, 7) is 3.97. The summed E-state index contributed by atoms with van der Waals surface area (Å²) < 4.78 is 43.7. The zero-order valence-corrected chi connectivity index (χ0v) is 23.2. The molecule has 2 aromatic carbocycles. The van der Waals surface area contributed by atoms with Crippen LogP contribution >= 0.6 is 0 Å². The molecule has 0 spiro atoms. The first-order valence-corrected chi connectivity index (χ1v) is 14.0. The van der Waals surface area contributed by atoms with Gasteiger partial charge in [0.1, 0.15) is 18.1 Å². The normalized spacial score (nSPS) is 15.1. The van der Waals surface area contributed by atoms with Gasteiger partial charge in [-0.15, -0.1) is 0 Å². The van der Waals surface area contributed by atoms with Crippen molar-refractivity contribution in [2.75, 3.05) is 13.7 Å². The molecule has 212 valence electrons. The SMILES string of the molecule is COc1ccc(S(=O)(=O)C(N)(CC(C)(C)CCN)[C@H](O)[C@H](Cc2ccccc2)NC(=O)Oc2ccoc2)cc1. The number of amides is 1. The number of sulfone groups is 1. The van der Waals surface area contributed by atoms with Gasteiger partial charge < -0.3 is 35.8 Å². The molecule has 3 rings (SSSR count). The highest BCUT2D eigenvalue weighted by Gasteiger charge is 2.53. The summed E-state index contributed by atoms with van der Waals surface area (Å²) in [5.41, 5.74) is 12.7. The van der Waals surface area contributed by atoms with Gasteiger partial charge in [0, 0.05) is 6.07 Å². The van der Waals surface area contributed by atoms with E-state index in [9.17, 15) is 18.3 Å². The topological polar surface area (TPSA) is 167 Å². The number of ether oxygens (including phenoxy) is 2. The number of aliphatic hydroxyl groups is 1. The third kappa shape index (κ3) is 7.39. The fraction of sp³-hybridized carbons (Fsp3) is 0.393. The molecule has 0 saturated heterocycles. The minimum absolute atomic E-state index is 0.0803. The number of hydrogen-bond donors (Lipinski definition) is 4. The number of carbonyl (C=O) groups is 1. The number of carbonyl (C=O) groups excluding carboxylic acids is 1. The standard InChI is InChI=1S/C28H37N3O7S/c1-27(2,14-15-29)19-28(30,39(34,35)23-11-9-21(36-3)10-12-23)25(32)24(17-20-7-5-4-6-8-20)31-26(33)38-22-13-16-37-18-22/h4-13,16,18,24-25,32H,14-15,17,19,29-30H2,1-3H3,(H,31,33)/t24-,25+,28?/m0/s1. The fourth-order valence-corrected chi connectivity index (χ4v) is 6.60. The van der Waals surface area contributed by atoms with Gasteiger partial charge in [0.15, 0.2) is 20.5 Å². The molecule has 3 atom stereocenters. The summed E-state index contributed by atoms with van der Waals surface area (Å²) in [7, 11) is -2.90. The minimum Gasteiger partial charge on any atom is -0.497 e. The lowest BCUT2D eigenvalue weighted by molar-refractivity contribution is 0.0610. The largest absolute Gasteiger partial charge is 0.497 e. The molecule has 0 aliphatic rings. The molecule has 0 radical (unpaired) electrons. The second-order valence-corrected chi connectivity index (χ2v) is 12.5. The Balaban J connectivity index is 2.06. The van der Waals surface area contributed by atoms with Crippen molar-refractivity contribution in [1.29, 1.82) is 0 Å². The van der Waals surface area contributed by atoms with E-state index in [1.165, 1.54) is 50.0 Å². The Bertz CT molecular complexity index is 1300.